The summed E-state index contributed by atoms with van der Waals surface area (Å²) in [4.78, 5) is 29.1. The summed E-state index contributed by atoms with van der Waals surface area (Å²) in [5, 5.41) is 2.77. The Kier molecular flexibility index (Phi) is 5.91. The molecule has 0 saturated carbocycles. The van der Waals surface area contributed by atoms with E-state index in [1.807, 2.05) is 34.9 Å². The molecule has 1 aromatic carbocycles. The number of carbonyl (C=O) groups excluding carboxylic acids is 2. The number of aromatic nitrogens is 2. The van der Waals surface area contributed by atoms with E-state index >= 15 is 0 Å². The van der Waals surface area contributed by atoms with Crippen molar-refractivity contribution in [2.45, 2.75) is 19.4 Å². The van der Waals surface area contributed by atoms with E-state index in [0.717, 1.165) is 11.3 Å². The van der Waals surface area contributed by atoms with Crippen LogP contribution < -0.4 is 5.32 Å². The van der Waals surface area contributed by atoms with Gasteiger partial charge in [0, 0.05) is 45.5 Å². The first-order chi connectivity index (χ1) is 11.1. The predicted molar refractivity (Wildman–Crippen MR) is 87.8 cm³/mol. The van der Waals surface area contributed by atoms with Crippen LogP contribution in [-0.2, 0) is 22.6 Å². The molecule has 0 bridgehead atoms. The van der Waals surface area contributed by atoms with E-state index in [9.17, 15) is 9.59 Å². The Hall–Kier alpha value is -2.63. The Morgan fingerprint density at radius 2 is 1.96 bits per heavy atom. The van der Waals surface area contributed by atoms with E-state index in [2.05, 4.69) is 10.3 Å². The van der Waals surface area contributed by atoms with Gasteiger partial charge in [-0.3, -0.25) is 9.59 Å². The lowest BCUT2D eigenvalue weighted by molar-refractivity contribution is -0.128. The van der Waals surface area contributed by atoms with E-state index in [1.165, 1.54) is 4.90 Å². The summed E-state index contributed by atoms with van der Waals surface area (Å²) in [6.45, 7) is 1.03. The Labute approximate surface area is 136 Å². The molecule has 0 unspecified atom stereocenters. The Morgan fingerprint density at radius 3 is 2.65 bits per heavy atom. The van der Waals surface area contributed by atoms with Crippen molar-refractivity contribution < 1.29 is 9.59 Å². The second kappa shape index (κ2) is 8.12. The SMILES string of the molecule is CN(C)C(=O)CCNC(=O)Cc1cncn1Cc1ccccc1. The van der Waals surface area contributed by atoms with Crippen LogP contribution in [0.3, 0.4) is 0 Å². The molecule has 0 saturated heterocycles. The fourth-order valence-corrected chi connectivity index (χ4v) is 2.18. The number of hydrogen-bond donors (Lipinski definition) is 1. The number of carbonyl (C=O) groups is 2. The average Bonchev–Trinajstić information content (AvgIpc) is 2.95. The van der Waals surface area contributed by atoms with Crippen LogP contribution in [0, 0.1) is 0 Å². The fraction of sp³-hybridized carbons (Fsp3) is 0.353. The molecule has 2 rings (SSSR count). The quantitative estimate of drug-likeness (QED) is 0.831. The zero-order valence-corrected chi connectivity index (χ0v) is 13.5. The van der Waals surface area contributed by atoms with Crippen LogP contribution in [-0.4, -0.2) is 46.9 Å². The monoisotopic (exact) mass is 314 g/mol. The van der Waals surface area contributed by atoms with Crippen LogP contribution in [0.4, 0.5) is 0 Å². The first-order valence-corrected chi connectivity index (χ1v) is 7.56. The molecule has 0 spiro atoms. The number of imidazole rings is 1. The molecule has 122 valence electrons. The van der Waals surface area contributed by atoms with Gasteiger partial charge in [0.25, 0.3) is 0 Å². The van der Waals surface area contributed by atoms with E-state index in [-0.39, 0.29) is 18.2 Å². The number of amides is 2. The minimum absolute atomic E-state index is 0.000538. The van der Waals surface area contributed by atoms with Gasteiger partial charge in [-0.25, -0.2) is 4.98 Å². The lowest BCUT2D eigenvalue weighted by atomic mass is 10.2. The highest BCUT2D eigenvalue weighted by molar-refractivity contribution is 5.80. The summed E-state index contributed by atoms with van der Waals surface area (Å²) >= 11 is 0. The third-order valence-electron chi connectivity index (χ3n) is 3.50. The third kappa shape index (κ3) is 5.25. The molecule has 0 atom stereocenters. The maximum absolute atomic E-state index is 12.0. The van der Waals surface area contributed by atoms with Crippen LogP contribution >= 0.6 is 0 Å². The van der Waals surface area contributed by atoms with E-state index in [4.69, 9.17) is 0 Å². The summed E-state index contributed by atoms with van der Waals surface area (Å²) in [5.41, 5.74) is 2.01. The average molecular weight is 314 g/mol. The zero-order chi connectivity index (χ0) is 16.7. The molecule has 2 amide bonds. The van der Waals surface area contributed by atoms with E-state index in [0.29, 0.717) is 19.5 Å². The molecule has 0 radical (unpaired) electrons. The number of benzene rings is 1. The van der Waals surface area contributed by atoms with Crippen LogP contribution in [0.2, 0.25) is 0 Å². The van der Waals surface area contributed by atoms with Gasteiger partial charge in [0.2, 0.25) is 11.8 Å². The van der Waals surface area contributed by atoms with Crippen molar-refractivity contribution in [2.75, 3.05) is 20.6 Å². The largest absolute Gasteiger partial charge is 0.355 e. The molecule has 0 aliphatic rings. The van der Waals surface area contributed by atoms with Gasteiger partial charge in [0.05, 0.1) is 12.7 Å². The van der Waals surface area contributed by atoms with Gasteiger partial charge in [-0.05, 0) is 5.56 Å². The number of rotatable bonds is 7. The van der Waals surface area contributed by atoms with Gasteiger partial charge in [-0.2, -0.15) is 0 Å². The van der Waals surface area contributed by atoms with Gasteiger partial charge in [-0.15, -0.1) is 0 Å². The fourth-order valence-electron chi connectivity index (χ4n) is 2.18. The maximum Gasteiger partial charge on any atom is 0.226 e. The molecule has 6 heteroatoms. The van der Waals surface area contributed by atoms with Gasteiger partial charge in [0.15, 0.2) is 0 Å². The van der Waals surface area contributed by atoms with Crippen molar-refractivity contribution in [2.24, 2.45) is 0 Å². The minimum Gasteiger partial charge on any atom is -0.355 e. The van der Waals surface area contributed by atoms with Crippen LogP contribution in [0.15, 0.2) is 42.9 Å². The molecular formula is C17H22N4O2. The first kappa shape index (κ1) is 16.7. The van der Waals surface area contributed by atoms with Crippen LogP contribution in [0.5, 0.6) is 0 Å². The van der Waals surface area contributed by atoms with E-state index < -0.39 is 0 Å². The summed E-state index contributed by atoms with van der Waals surface area (Å²) in [7, 11) is 3.40. The Bertz CT molecular complexity index is 650. The maximum atomic E-state index is 12.0. The van der Waals surface area contributed by atoms with Gasteiger partial charge in [0.1, 0.15) is 0 Å². The van der Waals surface area contributed by atoms with Crippen molar-refractivity contribution in [3.63, 3.8) is 0 Å². The summed E-state index contributed by atoms with van der Waals surface area (Å²) in [5.74, 6) is -0.106. The topological polar surface area (TPSA) is 67.2 Å². The van der Waals surface area contributed by atoms with Crippen molar-refractivity contribution in [1.82, 2.24) is 19.8 Å². The second-order valence-electron chi connectivity index (χ2n) is 5.56. The van der Waals surface area contributed by atoms with Gasteiger partial charge >= 0.3 is 0 Å². The molecular weight excluding hydrogens is 292 g/mol. The number of hydrogen-bond acceptors (Lipinski definition) is 3. The molecule has 0 fully saturated rings. The van der Waals surface area contributed by atoms with Gasteiger partial charge < -0.3 is 14.8 Å². The van der Waals surface area contributed by atoms with Gasteiger partial charge in [-0.1, -0.05) is 30.3 Å². The molecule has 23 heavy (non-hydrogen) atoms. The molecule has 6 nitrogen and oxygen atoms in total. The molecule has 1 N–H and O–H groups in total. The number of nitrogens with one attached hydrogen (secondary N) is 1. The minimum atomic E-state index is -0.105. The Balaban J connectivity index is 1.85. The predicted octanol–water partition coefficient (Wildman–Crippen LogP) is 1.07. The molecule has 1 heterocycles. The summed E-state index contributed by atoms with van der Waals surface area (Å²) < 4.78 is 1.96. The second-order valence-corrected chi connectivity index (χ2v) is 5.56. The van der Waals surface area contributed by atoms with Crippen molar-refractivity contribution >= 4 is 11.8 Å². The first-order valence-electron chi connectivity index (χ1n) is 7.56. The number of nitrogens with zero attached hydrogens (tertiary/aromatic N) is 3. The highest BCUT2D eigenvalue weighted by Gasteiger charge is 2.10. The van der Waals surface area contributed by atoms with Crippen molar-refractivity contribution in [3.05, 3.63) is 54.1 Å². The standard InChI is InChI=1S/C17H22N4O2/c1-20(2)17(23)8-9-19-16(22)10-15-11-18-13-21(15)12-14-6-4-3-5-7-14/h3-7,11,13H,8-10,12H2,1-2H3,(H,19,22). The third-order valence-corrected chi connectivity index (χ3v) is 3.50. The normalized spacial score (nSPS) is 10.3. The smallest absolute Gasteiger partial charge is 0.226 e. The highest BCUT2D eigenvalue weighted by atomic mass is 16.2. The summed E-state index contributed by atoms with van der Waals surface area (Å²) in [6.07, 6.45) is 3.99. The van der Waals surface area contributed by atoms with Crippen molar-refractivity contribution in [3.8, 4) is 0 Å². The molecule has 2 aromatic rings. The zero-order valence-electron chi connectivity index (χ0n) is 13.5. The lowest BCUT2D eigenvalue weighted by Gasteiger charge is -2.11. The van der Waals surface area contributed by atoms with Crippen molar-refractivity contribution in [1.29, 1.82) is 0 Å². The molecule has 0 aliphatic heterocycles. The summed E-state index contributed by atoms with van der Waals surface area (Å²) in [6, 6.07) is 10.0. The highest BCUT2D eigenvalue weighted by Crippen LogP contribution is 2.06. The van der Waals surface area contributed by atoms with Crippen LogP contribution in [0.25, 0.3) is 0 Å². The van der Waals surface area contributed by atoms with Crippen LogP contribution in [0.1, 0.15) is 17.7 Å². The lowest BCUT2D eigenvalue weighted by Crippen LogP contribution is -2.31. The Morgan fingerprint density at radius 1 is 1.22 bits per heavy atom. The molecule has 0 aliphatic carbocycles. The molecule has 1 aromatic heterocycles. The van der Waals surface area contributed by atoms with E-state index in [1.54, 1.807) is 26.6 Å².